The molecule has 25 heavy (non-hydrogen) atoms. The van der Waals surface area contributed by atoms with Crippen molar-refractivity contribution in [3.8, 4) is 0 Å². The summed E-state index contributed by atoms with van der Waals surface area (Å²) in [5.41, 5.74) is -0.300. The van der Waals surface area contributed by atoms with Gasteiger partial charge in [0.25, 0.3) is 0 Å². The van der Waals surface area contributed by atoms with Gasteiger partial charge in [-0.1, -0.05) is 84.9 Å². The average molecular weight is 373 g/mol. The molecule has 0 aliphatic heterocycles. The maximum absolute atomic E-state index is 12.2. The van der Waals surface area contributed by atoms with Gasteiger partial charge in [0.05, 0.1) is 8.07 Å². The van der Waals surface area contributed by atoms with Crippen LogP contribution in [-0.2, 0) is 9.53 Å². The van der Waals surface area contributed by atoms with Crippen molar-refractivity contribution in [1.82, 2.24) is 0 Å². The van der Waals surface area contributed by atoms with Gasteiger partial charge in [0.1, 0.15) is 6.10 Å². The summed E-state index contributed by atoms with van der Waals surface area (Å²) in [5, 5.41) is 10.5. The number of carbonyl (C=O) groups excluding carboxylic acids is 1. The monoisotopic (exact) mass is 372 g/mol. The van der Waals surface area contributed by atoms with E-state index in [1.807, 2.05) is 0 Å². The summed E-state index contributed by atoms with van der Waals surface area (Å²) >= 11 is 0. The lowest BCUT2D eigenvalue weighted by atomic mass is 10.1. The van der Waals surface area contributed by atoms with E-state index in [9.17, 15) is 9.90 Å². The third-order valence-corrected chi connectivity index (χ3v) is 7.13. The Hall–Kier alpha value is -0.353. The third kappa shape index (κ3) is 14.5. The van der Waals surface area contributed by atoms with Crippen LogP contribution in [0.25, 0.3) is 0 Å². The maximum atomic E-state index is 12.2. The number of aliphatic hydroxyl groups excluding tert-OH is 1. The zero-order chi connectivity index (χ0) is 19.1. The second-order valence-corrected chi connectivity index (χ2v) is 14.0. The number of ether oxygens (including phenoxy) is 1. The van der Waals surface area contributed by atoms with E-state index in [1.165, 1.54) is 44.9 Å². The molecule has 0 bridgehead atoms. The van der Waals surface area contributed by atoms with Crippen LogP contribution < -0.4 is 0 Å². The smallest absolute Gasteiger partial charge is 0.306 e. The molecule has 4 heteroatoms. The molecule has 0 saturated heterocycles. The summed E-state index contributed by atoms with van der Waals surface area (Å²) < 4.78 is 5.75. The van der Waals surface area contributed by atoms with Crippen LogP contribution in [-0.4, -0.2) is 31.0 Å². The molecular weight excluding hydrogens is 328 g/mol. The third-order valence-electron chi connectivity index (χ3n) is 4.90. The first-order chi connectivity index (χ1) is 11.8. The molecule has 0 unspecified atom stereocenters. The lowest BCUT2D eigenvalue weighted by Crippen LogP contribution is -2.41. The van der Waals surface area contributed by atoms with Crippen molar-refractivity contribution < 1.29 is 14.6 Å². The number of rotatable bonds is 16. The number of hydrogen-bond acceptors (Lipinski definition) is 3. The predicted octanol–water partition coefficient (Wildman–Crippen LogP) is 6.25. The van der Waals surface area contributed by atoms with Gasteiger partial charge in [-0.3, -0.25) is 4.79 Å². The molecule has 150 valence electrons. The highest BCUT2D eigenvalue weighted by atomic mass is 28.3. The van der Waals surface area contributed by atoms with Crippen molar-refractivity contribution in [2.45, 2.75) is 129 Å². The normalized spacial score (nSPS) is 14.3. The van der Waals surface area contributed by atoms with Gasteiger partial charge in [-0.15, -0.1) is 0 Å². The predicted molar refractivity (Wildman–Crippen MR) is 111 cm³/mol. The second-order valence-electron chi connectivity index (χ2n) is 8.60. The van der Waals surface area contributed by atoms with Gasteiger partial charge >= 0.3 is 5.97 Å². The van der Waals surface area contributed by atoms with Crippen LogP contribution in [0.5, 0.6) is 0 Å². The molecule has 2 atom stereocenters. The van der Waals surface area contributed by atoms with E-state index in [0.717, 1.165) is 25.7 Å². The fourth-order valence-electron chi connectivity index (χ4n) is 2.92. The summed E-state index contributed by atoms with van der Waals surface area (Å²) in [7, 11) is -1.61. The molecule has 0 aliphatic rings. The van der Waals surface area contributed by atoms with Crippen LogP contribution >= 0.6 is 0 Å². The molecule has 1 N–H and O–H groups in total. The number of hydrogen-bond donors (Lipinski definition) is 1. The van der Waals surface area contributed by atoms with Gasteiger partial charge < -0.3 is 9.84 Å². The lowest BCUT2D eigenvalue weighted by molar-refractivity contribution is -0.150. The van der Waals surface area contributed by atoms with E-state index in [4.69, 9.17) is 4.74 Å². The van der Waals surface area contributed by atoms with E-state index in [0.29, 0.717) is 12.8 Å². The van der Waals surface area contributed by atoms with Crippen molar-refractivity contribution in [1.29, 1.82) is 0 Å². The van der Waals surface area contributed by atoms with Gasteiger partial charge in [0.15, 0.2) is 0 Å². The van der Waals surface area contributed by atoms with Crippen LogP contribution in [0.4, 0.5) is 0 Å². The molecule has 3 nitrogen and oxygen atoms in total. The maximum Gasteiger partial charge on any atom is 0.306 e. The zero-order valence-electron chi connectivity index (χ0n) is 17.6. The van der Waals surface area contributed by atoms with E-state index >= 15 is 0 Å². The Morgan fingerprint density at radius 2 is 1.40 bits per heavy atom. The molecule has 0 aromatic heterocycles. The Labute approximate surface area is 157 Å². The quantitative estimate of drug-likeness (QED) is 0.198. The topological polar surface area (TPSA) is 46.5 Å². The molecule has 0 spiro atoms. The van der Waals surface area contributed by atoms with E-state index in [2.05, 4.69) is 33.5 Å². The fourth-order valence-corrected chi connectivity index (χ4v) is 3.89. The molecule has 0 radical (unpaired) electrons. The fraction of sp³-hybridized carbons (Fsp3) is 0.952. The minimum atomic E-state index is -1.61. The summed E-state index contributed by atoms with van der Waals surface area (Å²) in [6, 6.07) is 0. The van der Waals surface area contributed by atoms with Crippen LogP contribution in [0, 0.1) is 0 Å². The standard InChI is InChI=1S/C21H44O3Si/c1-6-8-10-12-14-16-19(18-21(23)25(3,4)5)24-20(22)17-15-13-11-9-7-2/h19,21,23H,6-18H2,1-5H3/t19-,21-/m0/s1. The molecule has 0 amide bonds. The number of esters is 1. The number of unbranched alkanes of at least 4 members (excludes halogenated alkanes) is 8. The first kappa shape index (κ1) is 24.6. The Bertz CT molecular complexity index is 326. The summed E-state index contributed by atoms with van der Waals surface area (Å²) in [6.45, 7) is 10.9. The largest absolute Gasteiger partial charge is 0.462 e. The summed E-state index contributed by atoms with van der Waals surface area (Å²) in [4.78, 5) is 12.2. The van der Waals surface area contributed by atoms with Gasteiger partial charge in [0, 0.05) is 18.6 Å². The Kier molecular flexibility index (Phi) is 14.6. The molecular formula is C21H44O3Si. The average Bonchev–Trinajstić information content (AvgIpc) is 2.53. The van der Waals surface area contributed by atoms with Crippen molar-refractivity contribution in [2.24, 2.45) is 0 Å². The first-order valence-corrected chi connectivity index (χ1v) is 14.3. The van der Waals surface area contributed by atoms with Gasteiger partial charge in [-0.05, 0) is 19.3 Å². The molecule has 0 aromatic rings. The highest BCUT2D eigenvalue weighted by Crippen LogP contribution is 2.20. The van der Waals surface area contributed by atoms with E-state index in [-0.39, 0.29) is 17.8 Å². The van der Waals surface area contributed by atoms with E-state index < -0.39 is 8.07 Å². The molecule has 0 aromatic carbocycles. The van der Waals surface area contributed by atoms with Crippen molar-refractivity contribution >= 4 is 14.0 Å². The van der Waals surface area contributed by atoms with Crippen molar-refractivity contribution in [3.05, 3.63) is 0 Å². The highest BCUT2D eigenvalue weighted by Gasteiger charge is 2.28. The molecule has 0 saturated carbocycles. The molecule has 0 rings (SSSR count). The Morgan fingerprint density at radius 1 is 0.880 bits per heavy atom. The van der Waals surface area contributed by atoms with Gasteiger partial charge in [-0.25, -0.2) is 0 Å². The van der Waals surface area contributed by atoms with Crippen LogP contribution in [0.1, 0.15) is 97.3 Å². The number of carbonyl (C=O) groups is 1. The summed E-state index contributed by atoms with van der Waals surface area (Å²) in [6.07, 6.45) is 13.7. The van der Waals surface area contributed by atoms with Crippen LogP contribution in [0.2, 0.25) is 19.6 Å². The van der Waals surface area contributed by atoms with E-state index in [1.54, 1.807) is 0 Å². The highest BCUT2D eigenvalue weighted by molar-refractivity contribution is 6.77. The molecule has 0 aliphatic carbocycles. The van der Waals surface area contributed by atoms with Crippen LogP contribution in [0.15, 0.2) is 0 Å². The van der Waals surface area contributed by atoms with Crippen molar-refractivity contribution in [3.63, 3.8) is 0 Å². The minimum absolute atomic E-state index is 0.0715. The SMILES string of the molecule is CCCCCCCC(=O)O[C@@H](CCCCCCC)C[C@@H](O)[Si](C)(C)C. The minimum Gasteiger partial charge on any atom is -0.462 e. The summed E-state index contributed by atoms with van der Waals surface area (Å²) in [5.74, 6) is -0.0715. The van der Waals surface area contributed by atoms with Crippen molar-refractivity contribution in [2.75, 3.05) is 0 Å². The Morgan fingerprint density at radius 3 is 1.92 bits per heavy atom. The van der Waals surface area contributed by atoms with Gasteiger partial charge in [0.2, 0.25) is 0 Å². The first-order valence-electron chi connectivity index (χ1n) is 10.7. The molecule has 0 fully saturated rings. The lowest BCUT2D eigenvalue weighted by Gasteiger charge is -2.28. The second kappa shape index (κ2) is 14.8. The van der Waals surface area contributed by atoms with Gasteiger partial charge in [-0.2, -0.15) is 0 Å². The number of aliphatic hydroxyl groups is 1. The van der Waals surface area contributed by atoms with Crippen LogP contribution in [0.3, 0.4) is 0 Å². The molecule has 0 heterocycles. The zero-order valence-corrected chi connectivity index (χ0v) is 18.6. The Balaban J connectivity index is 4.28.